The lowest BCUT2D eigenvalue weighted by Gasteiger charge is -2.34. The molecule has 2 aliphatic rings. The van der Waals surface area contributed by atoms with Crippen molar-refractivity contribution in [3.63, 3.8) is 0 Å². The lowest BCUT2D eigenvalue weighted by Crippen LogP contribution is -2.57. The Hall–Kier alpha value is -1.44. The van der Waals surface area contributed by atoms with Gasteiger partial charge in [0.15, 0.2) is 0 Å². The molecular formula is C12H15N3O3S. The number of nitrogens with one attached hydrogen (secondary N) is 2. The van der Waals surface area contributed by atoms with Gasteiger partial charge in [-0.3, -0.25) is 4.79 Å². The van der Waals surface area contributed by atoms with E-state index in [9.17, 15) is 13.2 Å². The van der Waals surface area contributed by atoms with Crippen molar-refractivity contribution in [1.82, 2.24) is 9.62 Å². The van der Waals surface area contributed by atoms with Gasteiger partial charge in [0.05, 0.1) is 11.3 Å². The number of benzene rings is 1. The number of carbonyl (C=O) groups excluding carboxylic acids is 1. The van der Waals surface area contributed by atoms with Gasteiger partial charge in [0.25, 0.3) is 0 Å². The molecule has 2 N–H and O–H groups in total. The molecule has 0 saturated carbocycles. The van der Waals surface area contributed by atoms with Gasteiger partial charge in [-0.2, -0.15) is 4.31 Å². The molecular weight excluding hydrogens is 266 g/mol. The van der Waals surface area contributed by atoms with E-state index in [1.54, 1.807) is 25.2 Å². The molecule has 2 heterocycles. The van der Waals surface area contributed by atoms with E-state index in [1.807, 2.05) is 0 Å². The van der Waals surface area contributed by atoms with Gasteiger partial charge in [-0.25, -0.2) is 8.42 Å². The Bertz CT molecular complexity index is 638. The van der Waals surface area contributed by atoms with Crippen LogP contribution in [0.5, 0.6) is 0 Å². The predicted molar refractivity (Wildman–Crippen MR) is 70.4 cm³/mol. The average molecular weight is 281 g/mol. The molecule has 1 saturated heterocycles. The SMILES string of the molecule is CN(C1CNC1)S(=O)(=O)c1ccc2c(c1)CC(=O)N2. The van der Waals surface area contributed by atoms with Crippen molar-refractivity contribution in [1.29, 1.82) is 0 Å². The maximum atomic E-state index is 12.4. The van der Waals surface area contributed by atoms with Crippen LogP contribution in [0.3, 0.4) is 0 Å². The first-order valence-electron chi connectivity index (χ1n) is 6.10. The molecule has 1 amide bonds. The van der Waals surface area contributed by atoms with E-state index in [0.29, 0.717) is 18.8 Å². The lowest BCUT2D eigenvalue weighted by molar-refractivity contribution is -0.115. The summed E-state index contributed by atoms with van der Waals surface area (Å²) in [7, 11) is -1.89. The van der Waals surface area contributed by atoms with E-state index in [-0.39, 0.29) is 23.3 Å². The highest BCUT2D eigenvalue weighted by Gasteiger charge is 2.32. The molecule has 102 valence electrons. The molecule has 2 aliphatic heterocycles. The van der Waals surface area contributed by atoms with Gasteiger partial charge >= 0.3 is 0 Å². The third-order valence-corrected chi connectivity index (χ3v) is 5.56. The van der Waals surface area contributed by atoms with Crippen molar-refractivity contribution in [2.45, 2.75) is 17.4 Å². The van der Waals surface area contributed by atoms with Crippen LogP contribution in [0, 0.1) is 0 Å². The second kappa shape index (κ2) is 4.29. The smallest absolute Gasteiger partial charge is 0.243 e. The quantitative estimate of drug-likeness (QED) is 0.802. The van der Waals surface area contributed by atoms with Crippen molar-refractivity contribution in [3.05, 3.63) is 23.8 Å². The number of rotatable bonds is 3. The molecule has 1 aromatic rings. The maximum absolute atomic E-state index is 12.4. The largest absolute Gasteiger partial charge is 0.326 e. The maximum Gasteiger partial charge on any atom is 0.243 e. The van der Waals surface area contributed by atoms with Crippen LogP contribution in [0.4, 0.5) is 5.69 Å². The monoisotopic (exact) mass is 281 g/mol. The second-order valence-corrected chi connectivity index (χ2v) is 6.87. The Labute approximate surface area is 111 Å². The number of amides is 1. The van der Waals surface area contributed by atoms with Crippen LogP contribution in [0.1, 0.15) is 5.56 Å². The average Bonchev–Trinajstić information content (AvgIpc) is 2.65. The van der Waals surface area contributed by atoms with Gasteiger partial charge in [-0.1, -0.05) is 0 Å². The van der Waals surface area contributed by atoms with Gasteiger partial charge in [0.1, 0.15) is 0 Å². The fourth-order valence-corrected chi connectivity index (χ4v) is 3.66. The number of likely N-dealkylation sites (N-methyl/N-ethyl adjacent to an activating group) is 1. The van der Waals surface area contributed by atoms with Crippen molar-refractivity contribution in [2.24, 2.45) is 0 Å². The minimum absolute atomic E-state index is 0.0120. The molecule has 0 aliphatic carbocycles. The van der Waals surface area contributed by atoms with Crippen molar-refractivity contribution in [3.8, 4) is 0 Å². The van der Waals surface area contributed by atoms with Gasteiger partial charge in [-0.05, 0) is 23.8 Å². The zero-order valence-electron chi connectivity index (χ0n) is 10.5. The normalized spacial score (nSPS) is 19.2. The number of hydrogen-bond donors (Lipinski definition) is 2. The summed E-state index contributed by atoms with van der Waals surface area (Å²) in [5.74, 6) is -0.0962. The summed E-state index contributed by atoms with van der Waals surface area (Å²) in [5.41, 5.74) is 1.45. The van der Waals surface area contributed by atoms with Crippen LogP contribution in [0.15, 0.2) is 23.1 Å². The summed E-state index contributed by atoms with van der Waals surface area (Å²) in [6.45, 7) is 1.36. The summed E-state index contributed by atoms with van der Waals surface area (Å²) < 4.78 is 26.3. The molecule has 0 aromatic heterocycles. The fraction of sp³-hybridized carbons (Fsp3) is 0.417. The Balaban J connectivity index is 1.93. The van der Waals surface area contributed by atoms with Crippen LogP contribution in [0.2, 0.25) is 0 Å². The van der Waals surface area contributed by atoms with Crippen molar-refractivity contribution < 1.29 is 13.2 Å². The highest BCUT2D eigenvalue weighted by atomic mass is 32.2. The number of sulfonamides is 1. The van der Waals surface area contributed by atoms with Crippen LogP contribution < -0.4 is 10.6 Å². The van der Waals surface area contributed by atoms with E-state index in [0.717, 1.165) is 5.56 Å². The summed E-state index contributed by atoms with van der Waals surface area (Å²) in [4.78, 5) is 11.5. The molecule has 19 heavy (non-hydrogen) atoms. The van der Waals surface area contributed by atoms with E-state index >= 15 is 0 Å². The zero-order chi connectivity index (χ0) is 13.6. The molecule has 7 heteroatoms. The first-order valence-corrected chi connectivity index (χ1v) is 7.54. The molecule has 0 atom stereocenters. The van der Waals surface area contributed by atoms with E-state index in [1.165, 1.54) is 4.31 Å². The van der Waals surface area contributed by atoms with E-state index < -0.39 is 10.0 Å². The highest BCUT2D eigenvalue weighted by Crippen LogP contribution is 2.27. The first-order chi connectivity index (χ1) is 8.98. The third kappa shape index (κ3) is 2.03. The molecule has 0 radical (unpaired) electrons. The molecule has 3 rings (SSSR count). The minimum atomic E-state index is -3.48. The van der Waals surface area contributed by atoms with Crippen molar-refractivity contribution in [2.75, 3.05) is 25.5 Å². The number of carbonyl (C=O) groups is 1. The predicted octanol–water partition coefficient (Wildman–Crippen LogP) is -0.227. The number of fused-ring (bicyclic) bond motifs is 1. The molecule has 0 bridgehead atoms. The topological polar surface area (TPSA) is 78.5 Å². The van der Waals surface area contributed by atoms with Crippen molar-refractivity contribution >= 4 is 21.6 Å². The molecule has 0 spiro atoms. The standard InChI is InChI=1S/C12H15N3O3S/c1-15(9-6-13-7-9)19(17,18)10-2-3-11-8(4-10)5-12(16)14-11/h2-4,9,13H,5-7H2,1H3,(H,14,16). The van der Waals surface area contributed by atoms with Gasteiger partial charge < -0.3 is 10.6 Å². The Morgan fingerprint density at radius 2 is 2.05 bits per heavy atom. The number of hydrogen-bond acceptors (Lipinski definition) is 4. The fourth-order valence-electron chi connectivity index (χ4n) is 2.26. The summed E-state index contributed by atoms with van der Waals surface area (Å²) >= 11 is 0. The molecule has 0 unspecified atom stereocenters. The van der Waals surface area contributed by atoms with Crippen LogP contribution >= 0.6 is 0 Å². The zero-order valence-corrected chi connectivity index (χ0v) is 11.3. The van der Waals surface area contributed by atoms with Crippen LogP contribution in [-0.4, -0.2) is 44.8 Å². The highest BCUT2D eigenvalue weighted by molar-refractivity contribution is 7.89. The Morgan fingerprint density at radius 3 is 2.68 bits per heavy atom. The Morgan fingerprint density at radius 1 is 1.32 bits per heavy atom. The van der Waals surface area contributed by atoms with Gasteiger partial charge in [0, 0.05) is 31.9 Å². The van der Waals surface area contributed by atoms with Crippen LogP contribution in [0.25, 0.3) is 0 Å². The summed E-state index contributed by atoms with van der Waals surface area (Å²) in [6.07, 6.45) is 0.243. The second-order valence-electron chi connectivity index (χ2n) is 4.88. The van der Waals surface area contributed by atoms with Gasteiger partial charge in [-0.15, -0.1) is 0 Å². The summed E-state index contributed by atoms with van der Waals surface area (Å²) in [5, 5.41) is 5.75. The lowest BCUT2D eigenvalue weighted by atomic mass is 10.2. The third-order valence-electron chi connectivity index (χ3n) is 3.65. The number of nitrogens with zero attached hydrogens (tertiary/aromatic N) is 1. The van der Waals surface area contributed by atoms with E-state index in [4.69, 9.17) is 0 Å². The summed E-state index contributed by atoms with van der Waals surface area (Å²) in [6, 6.07) is 4.80. The van der Waals surface area contributed by atoms with Crippen LogP contribution in [-0.2, 0) is 21.2 Å². The van der Waals surface area contributed by atoms with E-state index in [2.05, 4.69) is 10.6 Å². The first kappa shape index (κ1) is 12.6. The minimum Gasteiger partial charge on any atom is -0.326 e. The number of anilines is 1. The molecule has 1 aromatic carbocycles. The van der Waals surface area contributed by atoms with Gasteiger partial charge in [0.2, 0.25) is 15.9 Å². The molecule has 1 fully saturated rings. The Kier molecular flexibility index (Phi) is 2.84. The molecule has 6 nitrogen and oxygen atoms in total.